The molecule has 0 N–H and O–H groups in total. The van der Waals surface area contributed by atoms with Gasteiger partial charge in [0.25, 0.3) is 0 Å². The highest BCUT2D eigenvalue weighted by Gasteiger charge is 2.29. The largest absolute Gasteiger partial charge is 0.416 e. The average molecular weight is 393 g/mol. The molecule has 0 aliphatic heterocycles. The monoisotopic (exact) mass is 393 g/mol. The third kappa shape index (κ3) is 4.67. The van der Waals surface area contributed by atoms with Crippen LogP contribution in [0.3, 0.4) is 0 Å². The van der Waals surface area contributed by atoms with Crippen LogP contribution in [0.5, 0.6) is 0 Å². The molecule has 9 heteroatoms. The van der Waals surface area contributed by atoms with E-state index in [1.165, 1.54) is 35.3 Å². The minimum atomic E-state index is -4.40. The van der Waals surface area contributed by atoms with Crippen LogP contribution >= 0.6 is 0 Å². The first-order valence-corrected chi connectivity index (χ1v) is 7.95. The number of benzene rings is 2. The van der Waals surface area contributed by atoms with Crippen LogP contribution in [0.1, 0.15) is 27.3 Å². The van der Waals surface area contributed by atoms with Gasteiger partial charge >= 0.3 is 6.18 Å². The lowest BCUT2D eigenvalue weighted by atomic mass is 10.1. The summed E-state index contributed by atoms with van der Waals surface area (Å²) < 4.78 is 65.3. The predicted molar refractivity (Wildman–Crippen MR) is 91.1 cm³/mol. The maximum Gasteiger partial charge on any atom is 0.416 e. The molecular formula is C19H12F5N3O. The van der Waals surface area contributed by atoms with Gasteiger partial charge in [0.05, 0.1) is 11.1 Å². The summed E-state index contributed by atoms with van der Waals surface area (Å²) in [5, 5.41) is 4.02. The van der Waals surface area contributed by atoms with Crippen molar-refractivity contribution in [3.8, 4) is 0 Å². The lowest BCUT2D eigenvalue weighted by Gasteiger charge is -2.05. The first kappa shape index (κ1) is 19.4. The molecule has 0 saturated carbocycles. The molecule has 0 bridgehead atoms. The molecule has 0 atom stereocenters. The first-order valence-electron chi connectivity index (χ1n) is 7.95. The summed E-state index contributed by atoms with van der Waals surface area (Å²) >= 11 is 0. The van der Waals surface area contributed by atoms with Crippen LogP contribution in [0.15, 0.2) is 48.8 Å². The van der Waals surface area contributed by atoms with Crippen LogP contribution in [0, 0.1) is 11.6 Å². The molecule has 2 aromatic carbocycles. The molecule has 0 radical (unpaired) electrons. The number of hydrogen-bond donors (Lipinski definition) is 0. The lowest BCUT2D eigenvalue weighted by molar-refractivity contribution is -0.137. The van der Waals surface area contributed by atoms with Crippen LogP contribution in [0.2, 0.25) is 0 Å². The van der Waals surface area contributed by atoms with Gasteiger partial charge in [-0.15, -0.1) is 0 Å². The molecule has 0 aliphatic rings. The van der Waals surface area contributed by atoms with Crippen LogP contribution < -0.4 is 0 Å². The zero-order valence-electron chi connectivity index (χ0n) is 14.1. The van der Waals surface area contributed by atoms with Crippen molar-refractivity contribution < 1.29 is 26.7 Å². The van der Waals surface area contributed by atoms with E-state index in [0.29, 0.717) is 11.6 Å². The Hall–Kier alpha value is -3.36. The summed E-state index contributed by atoms with van der Waals surface area (Å²) in [4.78, 5) is 16.0. The van der Waals surface area contributed by atoms with Crippen LogP contribution in [-0.4, -0.2) is 20.5 Å². The third-order valence-corrected chi connectivity index (χ3v) is 3.75. The Morgan fingerprint density at radius 3 is 2.39 bits per heavy atom. The maximum atomic E-state index is 13.6. The lowest BCUT2D eigenvalue weighted by Crippen LogP contribution is -2.12. The summed E-state index contributed by atoms with van der Waals surface area (Å²) in [5.74, 6) is -2.15. The van der Waals surface area contributed by atoms with Gasteiger partial charge in [-0.1, -0.05) is 18.2 Å². The second kappa shape index (κ2) is 7.71. The van der Waals surface area contributed by atoms with E-state index in [1.54, 1.807) is 0 Å². The zero-order valence-corrected chi connectivity index (χ0v) is 14.1. The Bertz CT molecular complexity index is 1020. The fraction of sp³-hybridized carbons (Fsp3) is 0.105. The van der Waals surface area contributed by atoms with Crippen molar-refractivity contribution in [2.24, 2.45) is 0 Å². The fourth-order valence-electron chi connectivity index (χ4n) is 2.36. The molecule has 0 unspecified atom stereocenters. The molecule has 3 aromatic rings. The molecule has 4 nitrogen and oxygen atoms in total. The highest BCUT2D eigenvalue weighted by atomic mass is 19.4. The fourth-order valence-corrected chi connectivity index (χ4v) is 2.36. The minimum absolute atomic E-state index is 0.215. The summed E-state index contributed by atoms with van der Waals surface area (Å²) in [6.45, 7) is -0.302. The topological polar surface area (TPSA) is 47.8 Å². The van der Waals surface area contributed by atoms with Gasteiger partial charge in [0, 0.05) is 6.07 Å². The van der Waals surface area contributed by atoms with Crippen molar-refractivity contribution in [1.82, 2.24) is 14.8 Å². The Balaban J connectivity index is 1.67. The van der Waals surface area contributed by atoms with Gasteiger partial charge in [0.2, 0.25) is 0 Å². The van der Waals surface area contributed by atoms with Crippen molar-refractivity contribution in [3.05, 3.63) is 82.9 Å². The van der Waals surface area contributed by atoms with Gasteiger partial charge in [-0.2, -0.15) is 18.3 Å². The first-order chi connectivity index (χ1) is 13.2. The number of alkyl halides is 3. The Kier molecular flexibility index (Phi) is 5.34. The van der Waals surface area contributed by atoms with Gasteiger partial charge in [-0.25, -0.2) is 18.4 Å². The highest BCUT2D eigenvalue weighted by molar-refractivity contribution is 5.96. The second-order valence-corrected chi connectivity index (χ2v) is 5.80. The Labute approximate surface area is 155 Å². The summed E-state index contributed by atoms with van der Waals surface area (Å²) in [6.07, 6.45) is -0.172. The number of carbonyl (C=O) groups excluding carboxylic acids is 1. The van der Waals surface area contributed by atoms with Crippen molar-refractivity contribution >= 4 is 17.9 Å². The number of aromatic nitrogens is 3. The van der Waals surface area contributed by atoms with Crippen molar-refractivity contribution in [2.75, 3.05) is 0 Å². The molecule has 0 aliphatic carbocycles. The minimum Gasteiger partial charge on any atom is -0.292 e. The van der Waals surface area contributed by atoms with Gasteiger partial charge in [0.1, 0.15) is 24.5 Å². The molecule has 0 fully saturated rings. The van der Waals surface area contributed by atoms with Gasteiger partial charge < -0.3 is 0 Å². The van der Waals surface area contributed by atoms with E-state index in [0.717, 1.165) is 24.3 Å². The molecule has 1 heterocycles. The van der Waals surface area contributed by atoms with E-state index in [4.69, 9.17) is 0 Å². The number of nitrogens with zero attached hydrogens (tertiary/aromatic N) is 3. The van der Waals surface area contributed by atoms with Crippen LogP contribution in [-0.2, 0) is 12.7 Å². The smallest absolute Gasteiger partial charge is 0.292 e. The molecule has 144 valence electrons. The normalized spacial score (nSPS) is 11.9. The summed E-state index contributed by atoms with van der Waals surface area (Å²) in [7, 11) is 0. The number of hydrogen-bond acceptors (Lipinski definition) is 3. The highest BCUT2D eigenvalue weighted by Crippen LogP contribution is 2.29. The number of rotatable bonds is 5. The second-order valence-electron chi connectivity index (χ2n) is 5.80. The van der Waals surface area contributed by atoms with Gasteiger partial charge in [0.15, 0.2) is 11.6 Å². The van der Waals surface area contributed by atoms with Crippen LogP contribution in [0.4, 0.5) is 22.0 Å². The van der Waals surface area contributed by atoms with E-state index in [1.807, 2.05) is 0 Å². The molecule has 28 heavy (non-hydrogen) atoms. The number of ketones is 1. The molecule has 0 spiro atoms. The molecule has 0 saturated heterocycles. The third-order valence-electron chi connectivity index (χ3n) is 3.75. The molecule has 0 amide bonds. The van der Waals surface area contributed by atoms with E-state index in [9.17, 15) is 26.7 Å². The standard InChI is InChI=1S/C19H12F5N3O/c20-14-6-7-15(16(21)9-14)17(28)10-27-11-25-18(26-27)8-3-12-1-4-13(5-2-12)19(22,23)24/h1-9,11H,10H2/b8-3+. The molecular weight excluding hydrogens is 381 g/mol. The molecule has 3 rings (SSSR count). The summed E-state index contributed by atoms with van der Waals surface area (Å²) in [5.41, 5.74) is -0.508. The van der Waals surface area contributed by atoms with E-state index >= 15 is 0 Å². The number of carbonyl (C=O) groups is 1. The number of Topliss-reactive ketones (excluding diaryl/α,β-unsaturated/α-hetero) is 1. The maximum absolute atomic E-state index is 13.6. The van der Waals surface area contributed by atoms with Gasteiger partial charge in [-0.3, -0.25) is 4.79 Å². The predicted octanol–water partition coefficient (Wildman–Crippen LogP) is 4.63. The van der Waals surface area contributed by atoms with E-state index in [2.05, 4.69) is 10.1 Å². The Morgan fingerprint density at radius 2 is 1.75 bits per heavy atom. The SMILES string of the molecule is O=C(Cn1cnc(/C=C/c2ccc(C(F)(F)F)cc2)n1)c1ccc(F)cc1F. The molecule has 1 aromatic heterocycles. The average Bonchev–Trinajstić information content (AvgIpc) is 3.07. The van der Waals surface area contributed by atoms with Crippen molar-refractivity contribution in [2.45, 2.75) is 12.7 Å². The quantitative estimate of drug-likeness (QED) is 0.469. The zero-order chi connectivity index (χ0) is 20.3. The van der Waals surface area contributed by atoms with Crippen LogP contribution in [0.25, 0.3) is 12.2 Å². The van der Waals surface area contributed by atoms with Gasteiger partial charge in [-0.05, 0) is 35.9 Å². The van der Waals surface area contributed by atoms with E-state index < -0.39 is 29.2 Å². The van der Waals surface area contributed by atoms with Crippen molar-refractivity contribution in [1.29, 1.82) is 0 Å². The number of halogens is 5. The Morgan fingerprint density at radius 1 is 1.04 bits per heavy atom. The van der Waals surface area contributed by atoms with Crippen molar-refractivity contribution in [3.63, 3.8) is 0 Å². The summed E-state index contributed by atoms with van der Waals surface area (Å²) in [6, 6.07) is 7.18. The van der Waals surface area contributed by atoms with E-state index in [-0.39, 0.29) is 17.9 Å².